The number of benzene rings is 1. The highest BCUT2D eigenvalue weighted by Gasteiger charge is 2.24. The van der Waals surface area contributed by atoms with Crippen LogP contribution in [0.3, 0.4) is 0 Å². The van der Waals surface area contributed by atoms with Crippen molar-refractivity contribution in [2.75, 3.05) is 17.2 Å². The molecule has 0 aromatic heterocycles. The Bertz CT molecular complexity index is 300. The summed E-state index contributed by atoms with van der Waals surface area (Å²) in [6.07, 6.45) is 0.925. The van der Waals surface area contributed by atoms with Crippen molar-refractivity contribution in [1.82, 2.24) is 0 Å². The Morgan fingerprint density at radius 3 is 2.40 bits per heavy atom. The van der Waals surface area contributed by atoms with E-state index in [0.29, 0.717) is 11.4 Å². The molecular weight excluding hydrogens is 126 g/mol. The van der Waals surface area contributed by atoms with Crippen LogP contribution in [0.15, 0.2) is 6.07 Å². The minimum atomic E-state index is 0.605. The highest BCUT2D eigenvalue weighted by Crippen LogP contribution is 2.41. The quantitative estimate of drug-likeness (QED) is 0.456. The fourth-order valence-electron chi connectivity index (χ4n) is 1.17. The largest absolute Gasteiger partial charge is 0.398 e. The van der Waals surface area contributed by atoms with Crippen LogP contribution in [0.25, 0.3) is 0 Å². The summed E-state index contributed by atoms with van der Waals surface area (Å²) in [7, 11) is 0. The van der Waals surface area contributed by atoms with Crippen LogP contribution < -0.4 is 17.2 Å². The van der Waals surface area contributed by atoms with Gasteiger partial charge in [0.1, 0.15) is 0 Å². The minimum absolute atomic E-state index is 0.605. The normalized spacial score (nSPS) is 12.8. The van der Waals surface area contributed by atoms with Gasteiger partial charge in [0.25, 0.3) is 0 Å². The van der Waals surface area contributed by atoms with E-state index in [9.17, 15) is 0 Å². The van der Waals surface area contributed by atoms with Gasteiger partial charge in [0.15, 0.2) is 0 Å². The molecule has 10 heavy (non-hydrogen) atoms. The first-order valence-electron chi connectivity index (χ1n) is 3.15. The topological polar surface area (TPSA) is 78.1 Å². The molecule has 3 nitrogen and oxygen atoms in total. The van der Waals surface area contributed by atoms with Crippen LogP contribution in [0.4, 0.5) is 17.1 Å². The number of nitrogen functional groups attached to an aromatic ring is 3. The van der Waals surface area contributed by atoms with Crippen molar-refractivity contribution in [1.29, 1.82) is 0 Å². The number of hydrogen-bond acceptors (Lipinski definition) is 3. The number of nitrogens with two attached hydrogens (primary N) is 3. The average Bonchev–Trinajstić information content (AvgIpc) is 2.61. The molecule has 3 heteroatoms. The van der Waals surface area contributed by atoms with Crippen molar-refractivity contribution in [3.63, 3.8) is 0 Å². The van der Waals surface area contributed by atoms with Crippen LogP contribution in [-0.4, -0.2) is 0 Å². The SMILES string of the molecule is Nc1cc(N)c2c(c1N)C2. The average molecular weight is 135 g/mol. The Morgan fingerprint density at radius 1 is 1.00 bits per heavy atom. The predicted octanol–water partition coefficient (Wildman–Crippen LogP) is 0.337. The van der Waals surface area contributed by atoms with Crippen LogP contribution in [0, 0.1) is 0 Å². The van der Waals surface area contributed by atoms with Gasteiger partial charge in [-0.2, -0.15) is 0 Å². The van der Waals surface area contributed by atoms with E-state index < -0.39 is 0 Å². The van der Waals surface area contributed by atoms with Gasteiger partial charge in [-0.05, 0) is 17.2 Å². The number of anilines is 3. The minimum Gasteiger partial charge on any atom is -0.398 e. The van der Waals surface area contributed by atoms with Crippen molar-refractivity contribution in [3.05, 3.63) is 17.2 Å². The molecule has 0 saturated carbocycles. The second kappa shape index (κ2) is 1.37. The van der Waals surface area contributed by atoms with Gasteiger partial charge in [-0.25, -0.2) is 0 Å². The van der Waals surface area contributed by atoms with Crippen molar-refractivity contribution >= 4 is 17.1 Å². The fraction of sp³-hybridized carbons (Fsp3) is 0.143. The van der Waals surface area contributed by atoms with Crippen LogP contribution in [0.1, 0.15) is 11.1 Å². The van der Waals surface area contributed by atoms with E-state index in [2.05, 4.69) is 0 Å². The Hall–Kier alpha value is -1.38. The van der Waals surface area contributed by atoms with Crippen molar-refractivity contribution in [2.45, 2.75) is 6.42 Å². The molecule has 0 heterocycles. The lowest BCUT2D eigenvalue weighted by Gasteiger charge is -1.97. The van der Waals surface area contributed by atoms with Crippen LogP contribution in [0.5, 0.6) is 0 Å². The molecule has 0 unspecified atom stereocenters. The second-order valence-electron chi connectivity index (χ2n) is 2.60. The summed E-state index contributed by atoms with van der Waals surface area (Å²) in [5, 5.41) is 0. The van der Waals surface area contributed by atoms with Crippen molar-refractivity contribution < 1.29 is 0 Å². The van der Waals surface area contributed by atoms with Gasteiger partial charge in [-0.3, -0.25) is 0 Å². The van der Waals surface area contributed by atoms with E-state index in [0.717, 1.165) is 17.7 Å². The molecule has 0 atom stereocenters. The molecule has 0 amide bonds. The Labute approximate surface area is 58.8 Å². The van der Waals surface area contributed by atoms with Crippen molar-refractivity contribution in [2.24, 2.45) is 0 Å². The second-order valence-corrected chi connectivity index (χ2v) is 2.60. The Morgan fingerprint density at radius 2 is 1.70 bits per heavy atom. The van der Waals surface area contributed by atoms with Gasteiger partial charge >= 0.3 is 0 Å². The van der Waals surface area contributed by atoms with E-state index in [1.54, 1.807) is 6.07 Å². The predicted molar refractivity (Wildman–Crippen MR) is 42.5 cm³/mol. The van der Waals surface area contributed by atoms with E-state index in [-0.39, 0.29) is 0 Å². The zero-order valence-electron chi connectivity index (χ0n) is 5.52. The first kappa shape index (κ1) is 5.41. The van der Waals surface area contributed by atoms with Gasteiger partial charge in [-0.1, -0.05) is 0 Å². The molecule has 0 spiro atoms. The summed E-state index contributed by atoms with van der Waals surface area (Å²) in [5.41, 5.74) is 21.2. The summed E-state index contributed by atoms with van der Waals surface area (Å²) in [4.78, 5) is 0. The molecule has 1 aliphatic rings. The molecule has 0 aliphatic heterocycles. The molecule has 0 radical (unpaired) electrons. The van der Waals surface area contributed by atoms with Gasteiger partial charge in [0.05, 0.1) is 11.4 Å². The zero-order chi connectivity index (χ0) is 7.30. The number of hydrogen-bond donors (Lipinski definition) is 3. The highest BCUT2D eigenvalue weighted by atomic mass is 14.7. The van der Waals surface area contributed by atoms with Crippen molar-refractivity contribution in [3.8, 4) is 0 Å². The monoisotopic (exact) mass is 135 g/mol. The molecule has 0 bridgehead atoms. The van der Waals surface area contributed by atoms with Crippen LogP contribution >= 0.6 is 0 Å². The highest BCUT2D eigenvalue weighted by molar-refractivity contribution is 5.82. The Balaban J connectivity index is 2.71. The maximum Gasteiger partial charge on any atom is 0.0588 e. The van der Waals surface area contributed by atoms with E-state index in [1.807, 2.05) is 0 Å². The first-order valence-corrected chi connectivity index (χ1v) is 3.15. The van der Waals surface area contributed by atoms with Gasteiger partial charge in [0, 0.05) is 12.1 Å². The van der Waals surface area contributed by atoms with E-state index >= 15 is 0 Å². The van der Waals surface area contributed by atoms with Gasteiger partial charge in [-0.15, -0.1) is 0 Å². The molecule has 0 fully saturated rings. The van der Waals surface area contributed by atoms with E-state index in [4.69, 9.17) is 17.2 Å². The molecule has 1 aliphatic carbocycles. The standard InChI is InChI=1S/C7H9N3/c8-5-2-6(9)7(10)4-1-3(4)5/h2H,1,8-10H2. The molecule has 1 aromatic carbocycles. The van der Waals surface area contributed by atoms with Gasteiger partial charge in [0.2, 0.25) is 0 Å². The zero-order valence-corrected chi connectivity index (χ0v) is 5.52. The molecule has 2 rings (SSSR count). The molecule has 1 aromatic rings. The van der Waals surface area contributed by atoms with Crippen LogP contribution in [0.2, 0.25) is 0 Å². The third kappa shape index (κ3) is 0.492. The summed E-state index contributed by atoms with van der Waals surface area (Å²) in [5.74, 6) is 0. The summed E-state index contributed by atoms with van der Waals surface area (Å²) >= 11 is 0. The smallest absolute Gasteiger partial charge is 0.0588 e. The fourth-order valence-corrected chi connectivity index (χ4v) is 1.17. The summed E-state index contributed by atoms with van der Waals surface area (Å²) in [6, 6.07) is 1.72. The summed E-state index contributed by atoms with van der Waals surface area (Å²) in [6.45, 7) is 0. The maximum atomic E-state index is 5.62. The Kier molecular flexibility index (Phi) is 0.740. The lowest BCUT2D eigenvalue weighted by atomic mass is 10.2. The first-order chi connectivity index (χ1) is 4.70. The third-order valence-corrected chi connectivity index (χ3v) is 1.89. The number of fused-ring (bicyclic) bond motifs is 1. The lowest BCUT2D eigenvalue weighted by molar-refractivity contribution is 1.60. The lowest BCUT2D eigenvalue weighted by Crippen LogP contribution is -1.95. The molecule has 0 saturated heterocycles. The van der Waals surface area contributed by atoms with E-state index in [1.165, 1.54) is 5.56 Å². The van der Waals surface area contributed by atoms with Crippen LogP contribution in [-0.2, 0) is 6.42 Å². The van der Waals surface area contributed by atoms with Gasteiger partial charge < -0.3 is 17.2 Å². The molecular formula is C7H9N3. The molecule has 6 N–H and O–H groups in total. The third-order valence-electron chi connectivity index (χ3n) is 1.89. The maximum absolute atomic E-state index is 5.62. The number of rotatable bonds is 0. The molecule has 52 valence electrons. The summed E-state index contributed by atoms with van der Waals surface area (Å²) < 4.78 is 0.